The van der Waals surface area contributed by atoms with Crippen LogP contribution >= 0.6 is 0 Å². The minimum absolute atomic E-state index is 0.0346. The molecule has 0 aliphatic heterocycles. The van der Waals surface area contributed by atoms with Gasteiger partial charge in [-0.1, -0.05) is 48.9 Å². The monoisotopic (exact) mass is 313 g/mol. The van der Waals surface area contributed by atoms with Gasteiger partial charge in [0.15, 0.2) is 6.61 Å². The molecule has 0 aliphatic rings. The summed E-state index contributed by atoms with van der Waals surface area (Å²) in [5, 5.41) is 0. The first-order valence-electron chi connectivity index (χ1n) is 7.82. The number of amides is 1. The van der Waals surface area contributed by atoms with Gasteiger partial charge < -0.3 is 10.5 Å². The average molecular weight is 313 g/mol. The fourth-order valence-electron chi connectivity index (χ4n) is 2.04. The molecule has 0 saturated carbocycles. The normalized spacial score (nSPS) is 13.3. The van der Waals surface area contributed by atoms with E-state index in [1.54, 1.807) is 0 Å². The first kappa shape index (κ1) is 18.8. The number of hydrogen-bond acceptors (Lipinski definition) is 2. The molecule has 0 aliphatic carbocycles. The molecule has 0 radical (unpaired) electrons. The van der Waals surface area contributed by atoms with E-state index >= 15 is 0 Å². The molecule has 1 amide bonds. The van der Waals surface area contributed by atoms with Crippen LogP contribution in [0.15, 0.2) is 54.6 Å². The van der Waals surface area contributed by atoms with Crippen molar-refractivity contribution < 1.29 is 9.53 Å². The van der Waals surface area contributed by atoms with Gasteiger partial charge in [-0.15, -0.1) is 6.58 Å². The van der Waals surface area contributed by atoms with Crippen molar-refractivity contribution in [3.63, 3.8) is 0 Å². The zero-order chi connectivity index (χ0) is 17.3. The Morgan fingerprint density at radius 1 is 1.30 bits per heavy atom. The second kappa shape index (κ2) is 8.99. The molecule has 0 fully saturated rings. The van der Waals surface area contributed by atoms with E-state index in [-0.39, 0.29) is 12.0 Å². The number of carbonyl (C=O) groups excluding carboxylic acids is 1. The summed E-state index contributed by atoms with van der Waals surface area (Å²) in [5.41, 5.74) is 7.43. The van der Waals surface area contributed by atoms with Gasteiger partial charge in [-0.3, -0.25) is 4.79 Å². The Kier molecular flexibility index (Phi) is 7.33. The number of nitrogens with two attached hydrogens (primary N) is 1. The molecule has 2 N–H and O–H groups in total. The lowest BCUT2D eigenvalue weighted by molar-refractivity contribution is -0.119. The van der Waals surface area contributed by atoms with Crippen LogP contribution in [0.1, 0.15) is 39.2 Å². The van der Waals surface area contributed by atoms with E-state index in [0.29, 0.717) is 5.75 Å². The van der Waals surface area contributed by atoms with E-state index in [9.17, 15) is 4.79 Å². The van der Waals surface area contributed by atoms with Gasteiger partial charge in [0.05, 0.1) is 0 Å². The van der Waals surface area contributed by atoms with Crippen LogP contribution in [0.4, 0.5) is 0 Å². The summed E-state index contributed by atoms with van der Waals surface area (Å²) in [7, 11) is 0. The summed E-state index contributed by atoms with van der Waals surface area (Å²) in [6.45, 7) is 10.3. The molecular weight excluding hydrogens is 286 g/mol. The molecule has 124 valence electrons. The van der Waals surface area contributed by atoms with Crippen LogP contribution in [0.5, 0.6) is 5.75 Å². The zero-order valence-corrected chi connectivity index (χ0v) is 14.3. The number of ether oxygens (including phenoxy) is 1. The lowest BCUT2D eigenvalue weighted by Crippen LogP contribution is -2.19. The van der Waals surface area contributed by atoms with Crippen LogP contribution in [0.2, 0.25) is 0 Å². The molecule has 3 heteroatoms. The van der Waals surface area contributed by atoms with Crippen LogP contribution in [-0.2, 0) is 4.79 Å². The molecule has 0 unspecified atom stereocenters. The first-order valence-corrected chi connectivity index (χ1v) is 7.82. The van der Waals surface area contributed by atoms with Crippen molar-refractivity contribution in [1.82, 2.24) is 0 Å². The highest BCUT2D eigenvalue weighted by molar-refractivity contribution is 5.75. The zero-order valence-electron chi connectivity index (χ0n) is 14.3. The Hall–Kier alpha value is -2.29. The number of benzene rings is 1. The van der Waals surface area contributed by atoms with Crippen molar-refractivity contribution in [2.24, 2.45) is 11.1 Å². The van der Waals surface area contributed by atoms with Crippen molar-refractivity contribution in [3.8, 4) is 5.75 Å². The number of carbonyl (C=O) groups is 1. The average Bonchev–Trinajstić information content (AvgIpc) is 2.51. The second-order valence-corrected chi connectivity index (χ2v) is 6.19. The summed E-state index contributed by atoms with van der Waals surface area (Å²) in [5.74, 6) is 0.156. The van der Waals surface area contributed by atoms with Crippen LogP contribution in [-0.4, -0.2) is 12.5 Å². The molecule has 0 spiro atoms. The Bertz CT molecular complexity index is 580. The first-order chi connectivity index (χ1) is 10.8. The third kappa shape index (κ3) is 7.50. The molecule has 1 rings (SSSR count). The number of primary amides is 1. The van der Waals surface area contributed by atoms with Crippen LogP contribution in [0, 0.1) is 5.41 Å². The van der Waals surface area contributed by atoms with Crippen molar-refractivity contribution in [2.75, 3.05) is 6.61 Å². The Morgan fingerprint density at radius 2 is 1.96 bits per heavy atom. The molecule has 3 nitrogen and oxygen atoms in total. The fraction of sp³-hybridized carbons (Fsp3) is 0.350. The number of allylic oxidation sites excluding steroid dienone is 4. The number of hydrogen-bond donors (Lipinski definition) is 1. The third-order valence-electron chi connectivity index (χ3n) is 3.62. The summed E-state index contributed by atoms with van der Waals surface area (Å²) < 4.78 is 5.24. The van der Waals surface area contributed by atoms with Crippen molar-refractivity contribution in [1.29, 1.82) is 0 Å². The molecule has 1 atom stereocenters. The Balaban J connectivity index is 2.68. The molecule has 0 bridgehead atoms. The van der Waals surface area contributed by atoms with E-state index in [1.165, 1.54) is 5.57 Å². The minimum Gasteiger partial charge on any atom is -0.484 e. The van der Waals surface area contributed by atoms with E-state index in [4.69, 9.17) is 10.5 Å². The largest absolute Gasteiger partial charge is 0.484 e. The minimum atomic E-state index is -0.480. The van der Waals surface area contributed by atoms with Gasteiger partial charge in [-0.25, -0.2) is 0 Å². The molecule has 0 heterocycles. The molecule has 1 aromatic carbocycles. The summed E-state index contributed by atoms with van der Waals surface area (Å²) in [4.78, 5) is 10.7. The SMILES string of the molecule is C=C[C@](C)(/C=C/c1ccc(OCC(N)=O)cc1)CCC=C(C)C. The molecule has 0 saturated heterocycles. The molecule has 1 aromatic rings. The summed E-state index contributed by atoms with van der Waals surface area (Å²) >= 11 is 0. The maximum Gasteiger partial charge on any atom is 0.255 e. The van der Waals surface area contributed by atoms with Gasteiger partial charge in [0.1, 0.15) is 5.75 Å². The third-order valence-corrected chi connectivity index (χ3v) is 3.62. The fourth-order valence-corrected chi connectivity index (χ4v) is 2.04. The van der Waals surface area contributed by atoms with Gasteiger partial charge in [0.25, 0.3) is 5.91 Å². The summed E-state index contributed by atoms with van der Waals surface area (Å²) in [6, 6.07) is 7.56. The van der Waals surface area contributed by atoms with Crippen molar-refractivity contribution >= 4 is 12.0 Å². The highest BCUT2D eigenvalue weighted by Gasteiger charge is 2.14. The molecule has 23 heavy (non-hydrogen) atoms. The van der Waals surface area contributed by atoms with Gasteiger partial charge in [0, 0.05) is 5.41 Å². The number of rotatable bonds is 9. The van der Waals surface area contributed by atoms with Crippen molar-refractivity contribution in [2.45, 2.75) is 33.6 Å². The van der Waals surface area contributed by atoms with E-state index in [2.05, 4.69) is 45.6 Å². The maximum atomic E-state index is 10.7. The van der Waals surface area contributed by atoms with E-state index < -0.39 is 5.91 Å². The second-order valence-electron chi connectivity index (χ2n) is 6.19. The molecule has 0 aromatic heterocycles. The molecular formula is C20H27NO2. The highest BCUT2D eigenvalue weighted by atomic mass is 16.5. The van der Waals surface area contributed by atoms with Gasteiger partial charge in [-0.05, 0) is 44.4 Å². The van der Waals surface area contributed by atoms with Crippen molar-refractivity contribution in [3.05, 3.63) is 60.2 Å². The predicted octanol–water partition coefficient (Wildman–Crippen LogP) is 4.50. The van der Waals surface area contributed by atoms with Crippen LogP contribution in [0.3, 0.4) is 0 Å². The van der Waals surface area contributed by atoms with Crippen LogP contribution in [0.25, 0.3) is 6.08 Å². The van der Waals surface area contributed by atoms with Gasteiger partial charge in [-0.2, -0.15) is 0 Å². The quantitative estimate of drug-likeness (QED) is 0.682. The van der Waals surface area contributed by atoms with Crippen LogP contribution < -0.4 is 10.5 Å². The Labute approximate surface area is 139 Å². The predicted molar refractivity (Wildman–Crippen MR) is 97.1 cm³/mol. The van der Waals surface area contributed by atoms with E-state index in [0.717, 1.165) is 18.4 Å². The summed E-state index contributed by atoms with van der Waals surface area (Å²) in [6.07, 6.45) is 10.6. The van der Waals surface area contributed by atoms with Gasteiger partial charge >= 0.3 is 0 Å². The lowest BCUT2D eigenvalue weighted by atomic mass is 9.84. The van der Waals surface area contributed by atoms with Gasteiger partial charge in [0.2, 0.25) is 0 Å². The smallest absolute Gasteiger partial charge is 0.255 e. The highest BCUT2D eigenvalue weighted by Crippen LogP contribution is 2.28. The Morgan fingerprint density at radius 3 is 2.48 bits per heavy atom. The topological polar surface area (TPSA) is 52.3 Å². The maximum absolute atomic E-state index is 10.7. The lowest BCUT2D eigenvalue weighted by Gasteiger charge is -2.20. The van der Waals surface area contributed by atoms with E-state index in [1.807, 2.05) is 30.3 Å². The standard InChI is InChI=1S/C20H27NO2/c1-5-20(4,13-6-7-16(2)3)14-12-17-8-10-18(11-9-17)23-15-19(21)22/h5,7-12,14H,1,6,13,15H2,2-4H3,(H2,21,22)/b14-12+/t20-/m0/s1.